The van der Waals surface area contributed by atoms with Gasteiger partial charge in [-0.2, -0.15) is 0 Å². The summed E-state index contributed by atoms with van der Waals surface area (Å²) in [5.41, 5.74) is 6.31. The molecular weight excluding hydrogens is 407 g/mol. The highest BCUT2D eigenvalue weighted by atomic mass is 35.5. The Kier molecular flexibility index (Phi) is 6.21. The van der Waals surface area contributed by atoms with Crippen LogP contribution in [0.3, 0.4) is 0 Å². The van der Waals surface area contributed by atoms with Gasteiger partial charge >= 0.3 is 5.97 Å². The number of halogens is 2. The Morgan fingerprint density at radius 3 is 1.90 bits per heavy atom. The number of hydrogen-bond acceptors (Lipinski definition) is 3. The van der Waals surface area contributed by atoms with Crippen LogP contribution in [0.5, 0.6) is 11.5 Å². The molecule has 0 bridgehead atoms. The molecule has 3 aromatic carbocycles. The van der Waals surface area contributed by atoms with Gasteiger partial charge in [0, 0.05) is 16.1 Å². The second-order valence-electron chi connectivity index (χ2n) is 6.98. The third-order valence-electron chi connectivity index (χ3n) is 5.22. The Morgan fingerprint density at radius 2 is 1.34 bits per heavy atom. The molecule has 150 valence electrons. The first-order valence-corrected chi connectivity index (χ1v) is 9.92. The first-order chi connectivity index (χ1) is 13.7. The molecule has 0 atom stereocenters. The summed E-state index contributed by atoms with van der Waals surface area (Å²) < 4.78 is 11.4. The molecule has 0 aliphatic carbocycles. The minimum absolute atomic E-state index is 0.247. The van der Waals surface area contributed by atoms with Crippen LogP contribution in [0.2, 0.25) is 10.0 Å². The predicted molar refractivity (Wildman–Crippen MR) is 119 cm³/mol. The fourth-order valence-electron chi connectivity index (χ4n) is 3.27. The van der Waals surface area contributed by atoms with Crippen LogP contribution in [-0.2, 0) is 0 Å². The molecule has 0 aliphatic heterocycles. The summed E-state index contributed by atoms with van der Waals surface area (Å²) in [4.78, 5) is 12.9. The molecule has 0 fully saturated rings. The van der Waals surface area contributed by atoms with E-state index in [4.69, 9.17) is 32.7 Å². The average Bonchev–Trinajstić information content (AvgIpc) is 2.67. The zero-order valence-electron chi connectivity index (χ0n) is 17.0. The number of esters is 1. The minimum atomic E-state index is -0.541. The summed E-state index contributed by atoms with van der Waals surface area (Å²) >= 11 is 12.1. The number of methoxy groups -OCH3 is 1. The monoisotopic (exact) mass is 428 g/mol. The molecule has 3 rings (SSSR count). The van der Waals surface area contributed by atoms with Gasteiger partial charge in [-0.25, -0.2) is 4.79 Å². The van der Waals surface area contributed by atoms with Crippen molar-refractivity contribution in [1.29, 1.82) is 0 Å². The third-order valence-corrected chi connectivity index (χ3v) is 5.77. The van der Waals surface area contributed by atoms with Gasteiger partial charge in [-0.15, -0.1) is 0 Å². The van der Waals surface area contributed by atoms with E-state index < -0.39 is 5.97 Å². The molecule has 3 aromatic rings. The summed E-state index contributed by atoms with van der Waals surface area (Å²) in [6, 6.07) is 12.4. The summed E-state index contributed by atoms with van der Waals surface area (Å²) in [6.07, 6.45) is 0. The number of hydrogen-bond donors (Lipinski definition) is 0. The van der Waals surface area contributed by atoms with Gasteiger partial charge in [0.2, 0.25) is 0 Å². The largest absolute Gasteiger partial charge is 0.496 e. The minimum Gasteiger partial charge on any atom is -0.496 e. The lowest BCUT2D eigenvalue weighted by Gasteiger charge is -2.20. The lowest BCUT2D eigenvalue weighted by molar-refractivity contribution is 0.0735. The highest BCUT2D eigenvalue weighted by molar-refractivity contribution is 6.36. The lowest BCUT2D eigenvalue weighted by Crippen LogP contribution is -2.11. The molecule has 5 heteroatoms. The van der Waals surface area contributed by atoms with E-state index in [0.29, 0.717) is 10.8 Å². The second kappa shape index (κ2) is 8.48. The third kappa shape index (κ3) is 4.12. The van der Waals surface area contributed by atoms with E-state index in [1.165, 1.54) is 6.07 Å². The molecule has 29 heavy (non-hydrogen) atoms. The molecule has 0 radical (unpaired) electrons. The molecule has 0 unspecified atom stereocenters. The van der Waals surface area contributed by atoms with E-state index in [-0.39, 0.29) is 10.6 Å². The normalized spacial score (nSPS) is 10.7. The number of benzene rings is 3. The van der Waals surface area contributed by atoms with Crippen molar-refractivity contribution >= 4 is 29.2 Å². The van der Waals surface area contributed by atoms with Crippen LogP contribution in [0.4, 0.5) is 0 Å². The smallest absolute Gasteiger partial charge is 0.345 e. The number of aryl methyl sites for hydroxylation is 2. The van der Waals surface area contributed by atoms with Crippen molar-refractivity contribution in [2.45, 2.75) is 27.7 Å². The van der Waals surface area contributed by atoms with Crippen LogP contribution >= 0.6 is 23.2 Å². The van der Waals surface area contributed by atoms with Crippen molar-refractivity contribution in [3.63, 3.8) is 0 Å². The Bertz CT molecular complexity index is 1100. The van der Waals surface area contributed by atoms with Gasteiger partial charge in [0.15, 0.2) is 0 Å². The predicted octanol–water partition coefficient (Wildman–Crippen LogP) is 7.12. The Morgan fingerprint density at radius 1 is 0.793 bits per heavy atom. The highest BCUT2D eigenvalue weighted by Gasteiger charge is 2.22. The summed E-state index contributed by atoms with van der Waals surface area (Å²) in [5.74, 6) is 0.639. The molecule has 0 aliphatic rings. The maximum Gasteiger partial charge on any atom is 0.345 e. The molecule has 0 saturated carbocycles. The number of carbonyl (C=O) groups is 1. The SMILES string of the molecule is COc1ccc(C)c(C)c1-c1c(OC(=O)c2ccc(Cl)cc2Cl)ccc(C)c1C. The molecule has 0 aromatic heterocycles. The van der Waals surface area contributed by atoms with E-state index in [9.17, 15) is 4.79 Å². The van der Waals surface area contributed by atoms with Gasteiger partial charge in [0.1, 0.15) is 11.5 Å². The van der Waals surface area contributed by atoms with Crippen molar-refractivity contribution in [1.82, 2.24) is 0 Å². The maximum absolute atomic E-state index is 12.9. The topological polar surface area (TPSA) is 35.5 Å². The Hall–Kier alpha value is -2.49. The van der Waals surface area contributed by atoms with Crippen LogP contribution in [0.1, 0.15) is 32.6 Å². The van der Waals surface area contributed by atoms with Crippen LogP contribution in [-0.4, -0.2) is 13.1 Å². The van der Waals surface area contributed by atoms with Gasteiger partial charge in [0.25, 0.3) is 0 Å². The van der Waals surface area contributed by atoms with Crippen molar-refractivity contribution in [3.8, 4) is 22.6 Å². The quantitative estimate of drug-likeness (QED) is 0.327. The number of ether oxygens (including phenoxy) is 2. The molecule has 0 heterocycles. The van der Waals surface area contributed by atoms with Gasteiger partial charge in [-0.1, -0.05) is 35.3 Å². The second-order valence-corrected chi connectivity index (χ2v) is 7.82. The van der Waals surface area contributed by atoms with Crippen molar-refractivity contribution in [2.75, 3.05) is 7.11 Å². The number of carbonyl (C=O) groups excluding carboxylic acids is 1. The van der Waals surface area contributed by atoms with Gasteiger partial charge < -0.3 is 9.47 Å². The van der Waals surface area contributed by atoms with E-state index >= 15 is 0 Å². The lowest BCUT2D eigenvalue weighted by atomic mass is 9.90. The number of rotatable bonds is 4. The zero-order chi connectivity index (χ0) is 21.3. The van der Waals surface area contributed by atoms with Crippen LogP contribution < -0.4 is 9.47 Å². The van der Waals surface area contributed by atoms with Crippen LogP contribution in [0.25, 0.3) is 11.1 Å². The first kappa shape index (κ1) is 21.2. The zero-order valence-corrected chi connectivity index (χ0v) is 18.5. The maximum atomic E-state index is 12.9. The van der Waals surface area contributed by atoms with Gasteiger partial charge in [-0.3, -0.25) is 0 Å². The van der Waals surface area contributed by atoms with Gasteiger partial charge in [-0.05, 0) is 80.3 Å². The summed E-state index contributed by atoms with van der Waals surface area (Å²) in [5, 5.41) is 0.704. The van der Waals surface area contributed by atoms with Crippen LogP contribution in [0.15, 0.2) is 42.5 Å². The average molecular weight is 429 g/mol. The van der Waals surface area contributed by atoms with E-state index in [0.717, 1.165) is 39.1 Å². The Labute approximate surface area is 181 Å². The van der Waals surface area contributed by atoms with Gasteiger partial charge in [0.05, 0.1) is 17.7 Å². The van der Waals surface area contributed by atoms with E-state index in [2.05, 4.69) is 0 Å². The van der Waals surface area contributed by atoms with E-state index in [1.807, 2.05) is 45.9 Å². The van der Waals surface area contributed by atoms with E-state index in [1.54, 1.807) is 25.3 Å². The fraction of sp³-hybridized carbons (Fsp3) is 0.208. The Balaban J connectivity index is 2.17. The van der Waals surface area contributed by atoms with Crippen LogP contribution in [0, 0.1) is 27.7 Å². The molecular formula is C24H22Cl2O3. The van der Waals surface area contributed by atoms with Crippen molar-refractivity contribution in [2.24, 2.45) is 0 Å². The standard InChI is InChI=1S/C24H22Cl2O3/c1-13-6-10-20(28-5)22(15(13)3)23-16(4)14(2)7-11-21(23)29-24(27)18-9-8-17(25)12-19(18)26/h6-12H,1-5H3. The van der Waals surface area contributed by atoms with Crippen molar-refractivity contribution in [3.05, 3.63) is 80.3 Å². The molecule has 3 nitrogen and oxygen atoms in total. The molecule has 0 saturated heterocycles. The first-order valence-electron chi connectivity index (χ1n) is 9.16. The molecule has 0 spiro atoms. The summed E-state index contributed by atoms with van der Waals surface area (Å²) in [7, 11) is 1.64. The summed E-state index contributed by atoms with van der Waals surface area (Å²) in [6.45, 7) is 8.12. The highest BCUT2D eigenvalue weighted by Crippen LogP contribution is 2.43. The molecule has 0 N–H and O–H groups in total. The fourth-order valence-corrected chi connectivity index (χ4v) is 3.75. The molecule has 0 amide bonds. The van der Waals surface area contributed by atoms with Crippen molar-refractivity contribution < 1.29 is 14.3 Å².